The maximum absolute atomic E-state index is 6.42. The first-order chi connectivity index (χ1) is 9.79. The van der Waals surface area contributed by atoms with Crippen molar-refractivity contribution in [1.82, 2.24) is 14.8 Å². The monoisotopic (exact) mass is 288 g/mol. The van der Waals surface area contributed by atoms with Gasteiger partial charge in [0.1, 0.15) is 0 Å². The maximum Gasteiger partial charge on any atom is 0.221 e. The zero-order chi connectivity index (χ0) is 13.6. The van der Waals surface area contributed by atoms with Crippen LogP contribution >= 0.6 is 11.6 Å². The second-order valence-electron chi connectivity index (χ2n) is 5.68. The summed E-state index contributed by atoms with van der Waals surface area (Å²) in [4.78, 5) is 4.74. The van der Waals surface area contributed by atoms with Crippen molar-refractivity contribution in [3.8, 4) is 0 Å². The molecule has 0 atom stereocenters. The molecular formula is C15H17ClN4. The van der Waals surface area contributed by atoms with Gasteiger partial charge in [-0.05, 0) is 30.9 Å². The standard InChI is InChI=1S/C15H17ClN4/c16-12-6-2-1-5-11(12)15(7-3-8-15)13-18-14-17-9-4-10-20(14)19-13/h1-2,5-6H,3-4,7-10H2,(H,17,18,19). The number of hydrogen-bond acceptors (Lipinski definition) is 3. The fourth-order valence-electron chi connectivity index (χ4n) is 3.25. The van der Waals surface area contributed by atoms with Crippen LogP contribution in [0.15, 0.2) is 24.3 Å². The highest BCUT2D eigenvalue weighted by Gasteiger charge is 2.45. The molecule has 5 heteroatoms. The number of nitrogens with one attached hydrogen (secondary N) is 1. The molecule has 4 rings (SSSR count). The molecular weight excluding hydrogens is 272 g/mol. The Morgan fingerprint density at radius 1 is 1.20 bits per heavy atom. The SMILES string of the molecule is Clc1ccccc1C1(c2nc3n(n2)CCCN3)CCC1. The van der Waals surface area contributed by atoms with Crippen LogP contribution in [-0.4, -0.2) is 21.3 Å². The molecule has 0 bridgehead atoms. The Morgan fingerprint density at radius 3 is 2.75 bits per heavy atom. The van der Waals surface area contributed by atoms with Gasteiger partial charge >= 0.3 is 0 Å². The number of benzene rings is 1. The summed E-state index contributed by atoms with van der Waals surface area (Å²) in [5.41, 5.74) is 1.10. The predicted octanol–water partition coefficient (Wildman–Crippen LogP) is 3.22. The molecule has 104 valence electrons. The number of halogens is 1. The Hall–Kier alpha value is -1.55. The largest absolute Gasteiger partial charge is 0.354 e. The summed E-state index contributed by atoms with van der Waals surface area (Å²) in [6.07, 6.45) is 4.48. The van der Waals surface area contributed by atoms with E-state index in [9.17, 15) is 0 Å². The van der Waals surface area contributed by atoms with Gasteiger partial charge in [0.25, 0.3) is 0 Å². The van der Waals surface area contributed by atoms with Gasteiger partial charge in [0.15, 0.2) is 5.82 Å². The molecule has 2 aliphatic rings. The van der Waals surface area contributed by atoms with E-state index in [-0.39, 0.29) is 5.41 Å². The first-order valence-corrected chi connectivity index (χ1v) is 7.62. The van der Waals surface area contributed by atoms with Crippen LogP contribution in [0.3, 0.4) is 0 Å². The van der Waals surface area contributed by atoms with E-state index in [1.54, 1.807) is 0 Å². The Labute approximate surface area is 123 Å². The lowest BCUT2D eigenvalue weighted by Gasteiger charge is -2.40. The van der Waals surface area contributed by atoms with Gasteiger partial charge in [-0.15, -0.1) is 0 Å². The fourth-order valence-corrected chi connectivity index (χ4v) is 3.57. The summed E-state index contributed by atoms with van der Waals surface area (Å²) in [5, 5.41) is 8.90. The zero-order valence-electron chi connectivity index (χ0n) is 11.3. The van der Waals surface area contributed by atoms with E-state index in [2.05, 4.69) is 17.4 Å². The van der Waals surface area contributed by atoms with Crippen LogP contribution in [0.2, 0.25) is 5.02 Å². The van der Waals surface area contributed by atoms with E-state index in [4.69, 9.17) is 21.7 Å². The summed E-state index contributed by atoms with van der Waals surface area (Å²) < 4.78 is 2.00. The maximum atomic E-state index is 6.42. The minimum absolute atomic E-state index is 0.0790. The zero-order valence-corrected chi connectivity index (χ0v) is 12.0. The molecule has 1 N–H and O–H groups in total. The third kappa shape index (κ3) is 1.67. The summed E-state index contributed by atoms with van der Waals surface area (Å²) in [6, 6.07) is 8.11. The van der Waals surface area contributed by atoms with Crippen molar-refractivity contribution < 1.29 is 0 Å². The second kappa shape index (κ2) is 4.48. The molecule has 0 saturated heterocycles. The van der Waals surface area contributed by atoms with Gasteiger partial charge in [-0.2, -0.15) is 10.1 Å². The smallest absolute Gasteiger partial charge is 0.221 e. The lowest BCUT2D eigenvalue weighted by molar-refractivity contribution is 0.284. The van der Waals surface area contributed by atoms with E-state index in [1.807, 2.05) is 16.8 Å². The van der Waals surface area contributed by atoms with Crippen LogP contribution in [0.25, 0.3) is 0 Å². The molecule has 0 amide bonds. The van der Waals surface area contributed by atoms with Crippen LogP contribution in [0, 0.1) is 0 Å². The lowest BCUT2D eigenvalue weighted by Crippen LogP contribution is -2.37. The molecule has 1 aromatic heterocycles. The van der Waals surface area contributed by atoms with Gasteiger partial charge < -0.3 is 5.32 Å². The quantitative estimate of drug-likeness (QED) is 0.923. The molecule has 20 heavy (non-hydrogen) atoms. The molecule has 0 radical (unpaired) electrons. The Morgan fingerprint density at radius 2 is 2.05 bits per heavy atom. The average Bonchev–Trinajstić information content (AvgIpc) is 2.83. The summed E-state index contributed by atoms with van der Waals surface area (Å²) in [6.45, 7) is 1.94. The molecule has 1 aromatic carbocycles. The second-order valence-corrected chi connectivity index (χ2v) is 6.09. The molecule has 0 spiro atoms. The molecule has 2 heterocycles. The predicted molar refractivity (Wildman–Crippen MR) is 79.2 cm³/mol. The summed E-state index contributed by atoms with van der Waals surface area (Å²) in [7, 11) is 0. The van der Waals surface area contributed by atoms with Crippen LogP contribution in [0.5, 0.6) is 0 Å². The lowest BCUT2D eigenvalue weighted by atomic mass is 9.64. The van der Waals surface area contributed by atoms with Crippen molar-refractivity contribution in [1.29, 1.82) is 0 Å². The van der Waals surface area contributed by atoms with E-state index >= 15 is 0 Å². The normalized spacial score (nSPS) is 19.9. The highest BCUT2D eigenvalue weighted by atomic mass is 35.5. The van der Waals surface area contributed by atoms with Crippen LogP contribution in [-0.2, 0) is 12.0 Å². The van der Waals surface area contributed by atoms with Gasteiger partial charge in [0.05, 0.1) is 5.41 Å². The molecule has 4 nitrogen and oxygen atoms in total. The number of rotatable bonds is 2. The summed E-state index contributed by atoms with van der Waals surface area (Å²) in [5.74, 6) is 1.84. The Kier molecular flexibility index (Phi) is 2.74. The van der Waals surface area contributed by atoms with Crippen molar-refractivity contribution in [2.45, 2.75) is 37.6 Å². The van der Waals surface area contributed by atoms with Gasteiger partial charge in [0.2, 0.25) is 5.95 Å². The molecule has 1 fully saturated rings. The molecule has 2 aromatic rings. The van der Waals surface area contributed by atoms with Crippen LogP contribution in [0.1, 0.15) is 37.1 Å². The van der Waals surface area contributed by atoms with Crippen molar-refractivity contribution in [3.05, 3.63) is 40.7 Å². The number of fused-ring (bicyclic) bond motifs is 1. The first kappa shape index (κ1) is 12.2. The number of nitrogens with zero attached hydrogens (tertiary/aromatic N) is 3. The van der Waals surface area contributed by atoms with Crippen molar-refractivity contribution in [3.63, 3.8) is 0 Å². The highest BCUT2D eigenvalue weighted by molar-refractivity contribution is 6.31. The molecule has 0 unspecified atom stereocenters. The number of anilines is 1. The average molecular weight is 289 g/mol. The van der Waals surface area contributed by atoms with Crippen LogP contribution in [0.4, 0.5) is 5.95 Å². The van der Waals surface area contributed by atoms with Gasteiger partial charge in [-0.1, -0.05) is 36.2 Å². The summed E-state index contributed by atoms with van der Waals surface area (Å²) >= 11 is 6.42. The van der Waals surface area contributed by atoms with Crippen LogP contribution < -0.4 is 5.32 Å². The first-order valence-electron chi connectivity index (χ1n) is 7.24. The van der Waals surface area contributed by atoms with E-state index in [0.717, 1.165) is 49.1 Å². The number of hydrogen-bond donors (Lipinski definition) is 1. The molecule has 1 aliphatic carbocycles. The van der Waals surface area contributed by atoms with Crippen molar-refractivity contribution in [2.24, 2.45) is 0 Å². The molecule has 1 aliphatic heterocycles. The van der Waals surface area contributed by atoms with E-state index in [0.29, 0.717) is 0 Å². The van der Waals surface area contributed by atoms with Crippen molar-refractivity contribution in [2.75, 3.05) is 11.9 Å². The molecule has 1 saturated carbocycles. The van der Waals surface area contributed by atoms with E-state index < -0.39 is 0 Å². The highest BCUT2D eigenvalue weighted by Crippen LogP contribution is 2.50. The Bertz CT molecular complexity index is 622. The van der Waals surface area contributed by atoms with E-state index in [1.165, 1.54) is 12.0 Å². The van der Waals surface area contributed by atoms with Gasteiger partial charge in [-0.3, -0.25) is 0 Å². The van der Waals surface area contributed by atoms with Gasteiger partial charge in [-0.25, -0.2) is 4.68 Å². The third-order valence-electron chi connectivity index (χ3n) is 4.53. The van der Waals surface area contributed by atoms with Crippen molar-refractivity contribution >= 4 is 17.5 Å². The van der Waals surface area contributed by atoms with Gasteiger partial charge in [0, 0.05) is 18.1 Å². The minimum atomic E-state index is -0.0790. The topological polar surface area (TPSA) is 42.7 Å². The fraction of sp³-hybridized carbons (Fsp3) is 0.467. The third-order valence-corrected chi connectivity index (χ3v) is 4.86. The number of aryl methyl sites for hydroxylation is 1. The minimum Gasteiger partial charge on any atom is -0.354 e. The number of aromatic nitrogens is 3. The Balaban J connectivity index is 1.82.